The Morgan fingerprint density at radius 3 is 2.58 bits per heavy atom. The van der Waals surface area contributed by atoms with Gasteiger partial charge in [-0.25, -0.2) is 4.79 Å². The molecule has 134 valence electrons. The second-order valence-electron chi connectivity index (χ2n) is 5.65. The van der Waals surface area contributed by atoms with E-state index in [1.165, 1.54) is 0 Å². The van der Waals surface area contributed by atoms with Crippen molar-refractivity contribution >= 4 is 39.4 Å². The SMILES string of the molecule is C=Cc1cc(OC)c(OC)c2c1c(NC(=O)OCC)cc1ccccc12. The van der Waals surface area contributed by atoms with E-state index in [9.17, 15) is 4.79 Å². The van der Waals surface area contributed by atoms with Crippen LogP contribution < -0.4 is 14.8 Å². The molecule has 3 aromatic carbocycles. The van der Waals surface area contributed by atoms with E-state index >= 15 is 0 Å². The Kier molecular flexibility index (Phi) is 4.98. The van der Waals surface area contributed by atoms with Gasteiger partial charge in [0, 0.05) is 10.8 Å². The zero-order valence-electron chi connectivity index (χ0n) is 15.1. The maximum Gasteiger partial charge on any atom is 0.411 e. The second kappa shape index (κ2) is 7.35. The van der Waals surface area contributed by atoms with Crippen molar-refractivity contribution in [2.24, 2.45) is 0 Å². The molecule has 1 amide bonds. The first kappa shape index (κ1) is 17.6. The van der Waals surface area contributed by atoms with Crippen LogP contribution in [0, 0.1) is 0 Å². The number of rotatable bonds is 5. The molecule has 3 rings (SSSR count). The molecule has 0 saturated heterocycles. The summed E-state index contributed by atoms with van der Waals surface area (Å²) >= 11 is 0. The molecule has 0 aromatic heterocycles. The van der Waals surface area contributed by atoms with Crippen LogP contribution in [0.1, 0.15) is 12.5 Å². The van der Waals surface area contributed by atoms with Crippen LogP contribution in [0.5, 0.6) is 11.5 Å². The summed E-state index contributed by atoms with van der Waals surface area (Å²) < 4.78 is 16.2. The number of benzene rings is 3. The van der Waals surface area contributed by atoms with Crippen LogP contribution in [0.15, 0.2) is 43.0 Å². The Hall–Kier alpha value is -3.21. The van der Waals surface area contributed by atoms with Gasteiger partial charge in [0.15, 0.2) is 11.5 Å². The topological polar surface area (TPSA) is 56.8 Å². The fourth-order valence-corrected chi connectivity index (χ4v) is 3.18. The summed E-state index contributed by atoms with van der Waals surface area (Å²) in [6.07, 6.45) is 1.23. The van der Waals surface area contributed by atoms with Gasteiger partial charge in [0.05, 0.1) is 26.5 Å². The van der Waals surface area contributed by atoms with Crippen molar-refractivity contribution in [3.63, 3.8) is 0 Å². The predicted octanol–water partition coefficient (Wildman–Crippen LogP) is 5.22. The first-order valence-electron chi connectivity index (χ1n) is 8.31. The standard InChI is InChI=1S/C21H21NO4/c1-5-13-12-17(24-3)20(25-4)19-15-10-8-7-9-14(15)11-16(18(13)19)22-21(23)26-6-2/h5,7-12H,1,6H2,2-4H3,(H,22,23). The third-order valence-corrected chi connectivity index (χ3v) is 4.23. The fraction of sp³-hybridized carbons (Fsp3) is 0.190. The number of nitrogens with one attached hydrogen (secondary N) is 1. The van der Waals surface area contributed by atoms with Crippen LogP contribution in [0.3, 0.4) is 0 Å². The lowest BCUT2D eigenvalue weighted by molar-refractivity contribution is 0.168. The van der Waals surface area contributed by atoms with E-state index in [1.807, 2.05) is 36.4 Å². The van der Waals surface area contributed by atoms with Gasteiger partial charge in [-0.05, 0) is 35.4 Å². The first-order valence-corrected chi connectivity index (χ1v) is 8.31. The number of hydrogen-bond acceptors (Lipinski definition) is 4. The van der Waals surface area contributed by atoms with Gasteiger partial charge in [-0.1, -0.05) is 36.9 Å². The average molecular weight is 351 g/mol. The van der Waals surface area contributed by atoms with Gasteiger partial charge >= 0.3 is 6.09 Å². The molecule has 0 bridgehead atoms. The van der Waals surface area contributed by atoms with E-state index in [4.69, 9.17) is 14.2 Å². The molecule has 0 aliphatic rings. The highest BCUT2D eigenvalue weighted by Gasteiger charge is 2.19. The minimum atomic E-state index is -0.506. The molecule has 0 spiro atoms. The number of anilines is 1. The van der Waals surface area contributed by atoms with Gasteiger partial charge in [0.25, 0.3) is 0 Å². The van der Waals surface area contributed by atoms with Crippen molar-refractivity contribution in [2.75, 3.05) is 26.1 Å². The van der Waals surface area contributed by atoms with Gasteiger partial charge in [-0.2, -0.15) is 0 Å². The molecule has 0 fully saturated rings. The molecule has 26 heavy (non-hydrogen) atoms. The van der Waals surface area contributed by atoms with E-state index in [0.29, 0.717) is 23.8 Å². The van der Waals surface area contributed by atoms with E-state index in [1.54, 1.807) is 27.2 Å². The third-order valence-electron chi connectivity index (χ3n) is 4.23. The van der Waals surface area contributed by atoms with Crippen molar-refractivity contribution in [1.82, 2.24) is 0 Å². The molecule has 1 N–H and O–H groups in total. The van der Waals surface area contributed by atoms with E-state index < -0.39 is 6.09 Å². The highest BCUT2D eigenvalue weighted by molar-refractivity contribution is 6.20. The molecule has 0 atom stereocenters. The van der Waals surface area contributed by atoms with Gasteiger partial charge in [-0.15, -0.1) is 0 Å². The minimum absolute atomic E-state index is 0.294. The Balaban J connectivity index is 2.46. The van der Waals surface area contributed by atoms with Crippen LogP contribution in [0.25, 0.3) is 27.6 Å². The maximum atomic E-state index is 12.1. The Morgan fingerprint density at radius 2 is 1.92 bits per heavy atom. The predicted molar refractivity (Wildman–Crippen MR) is 105 cm³/mol. The lowest BCUT2D eigenvalue weighted by atomic mass is 9.95. The smallest absolute Gasteiger partial charge is 0.411 e. The van der Waals surface area contributed by atoms with Crippen molar-refractivity contribution in [1.29, 1.82) is 0 Å². The summed E-state index contributed by atoms with van der Waals surface area (Å²) in [6, 6.07) is 11.7. The van der Waals surface area contributed by atoms with Crippen LogP contribution >= 0.6 is 0 Å². The third kappa shape index (κ3) is 2.92. The number of methoxy groups -OCH3 is 2. The number of carbonyl (C=O) groups excluding carboxylic acids is 1. The summed E-state index contributed by atoms with van der Waals surface area (Å²) in [5.41, 5.74) is 1.46. The number of ether oxygens (including phenoxy) is 3. The molecule has 0 unspecified atom stereocenters. The van der Waals surface area contributed by atoms with E-state index in [-0.39, 0.29) is 0 Å². The molecule has 0 heterocycles. The largest absolute Gasteiger partial charge is 0.493 e. The monoisotopic (exact) mass is 351 g/mol. The molecule has 5 nitrogen and oxygen atoms in total. The molecule has 0 radical (unpaired) electrons. The van der Waals surface area contributed by atoms with Crippen LogP contribution in [0.2, 0.25) is 0 Å². The van der Waals surface area contributed by atoms with Gasteiger partial charge < -0.3 is 14.2 Å². The van der Waals surface area contributed by atoms with Crippen LogP contribution in [0.4, 0.5) is 10.5 Å². The lowest BCUT2D eigenvalue weighted by Gasteiger charge is -2.18. The highest BCUT2D eigenvalue weighted by atomic mass is 16.5. The summed E-state index contributed by atoms with van der Waals surface area (Å²) in [7, 11) is 3.20. The Bertz CT molecular complexity index is 994. The summed E-state index contributed by atoms with van der Waals surface area (Å²) in [6.45, 7) is 5.97. The van der Waals surface area contributed by atoms with Gasteiger partial charge in [0.2, 0.25) is 0 Å². The molecular weight excluding hydrogens is 330 g/mol. The molecule has 0 saturated carbocycles. The van der Waals surface area contributed by atoms with Crippen molar-refractivity contribution in [3.05, 3.63) is 48.5 Å². The normalized spacial score (nSPS) is 10.6. The summed E-state index contributed by atoms with van der Waals surface area (Å²) in [5, 5.41) is 6.48. The highest BCUT2D eigenvalue weighted by Crippen LogP contribution is 2.45. The molecule has 5 heteroatoms. The van der Waals surface area contributed by atoms with Crippen molar-refractivity contribution < 1.29 is 19.0 Å². The molecule has 0 aliphatic carbocycles. The molecule has 0 aliphatic heterocycles. The average Bonchev–Trinajstić information content (AvgIpc) is 2.66. The maximum absolute atomic E-state index is 12.1. The van der Waals surface area contributed by atoms with Gasteiger partial charge in [-0.3, -0.25) is 5.32 Å². The number of fused-ring (bicyclic) bond motifs is 3. The Labute approximate surface area is 152 Å². The molecule has 3 aromatic rings. The summed E-state index contributed by atoms with van der Waals surface area (Å²) in [5.74, 6) is 1.21. The van der Waals surface area contributed by atoms with Crippen molar-refractivity contribution in [2.45, 2.75) is 6.92 Å². The lowest BCUT2D eigenvalue weighted by Crippen LogP contribution is -2.14. The van der Waals surface area contributed by atoms with E-state index in [2.05, 4.69) is 11.9 Å². The number of hydrogen-bond donors (Lipinski definition) is 1. The second-order valence-corrected chi connectivity index (χ2v) is 5.65. The van der Waals surface area contributed by atoms with Gasteiger partial charge in [0.1, 0.15) is 0 Å². The van der Waals surface area contributed by atoms with E-state index in [0.717, 1.165) is 27.1 Å². The Morgan fingerprint density at radius 1 is 1.15 bits per heavy atom. The quantitative estimate of drug-likeness (QED) is 0.640. The minimum Gasteiger partial charge on any atom is -0.493 e. The first-order chi connectivity index (χ1) is 12.6. The van der Waals surface area contributed by atoms with Crippen LogP contribution in [-0.4, -0.2) is 26.9 Å². The number of carbonyl (C=O) groups is 1. The summed E-state index contributed by atoms with van der Waals surface area (Å²) in [4.78, 5) is 12.1. The number of amides is 1. The van der Waals surface area contributed by atoms with Crippen LogP contribution in [-0.2, 0) is 4.74 Å². The fourth-order valence-electron chi connectivity index (χ4n) is 3.18. The zero-order chi connectivity index (χ0) is 18.7. The zero-order valence-corrected chi connectivity index (χ0v) is 15.1. The molecular formula is C21H21NO4. The van der Waals surface area contributed by atoms with Crippen molar-refractivity contribution in [3.8, 4) is 11.5 Å².